The zero-order chi connectivity index (χ0) is 13.2. The molecule has 4 heteroatoms. The van der Waals surface area contributed by atoms with Crippen LogP contribution >= 0.6 is 0 Å². The summed E-state index contributed by atoms with van der Waals surface area (Å²) in [7, 11) is 0. The van der Waals surface area contributed by atoms with E-state index in [1.807, 2.05) is 0 Å². The Kier molecular flexibility index (Phi) is 8.59. The van der Waals surface area contributed by atoms with E-state index in [-0.39, 0.29) is 0 Å². The van der Waals surface area contributed by atoms with Crippen LogP contribution in [0.3, 0.4) is 0 Å². The minimum Gasteiger partial charge on any atom is -0.380 e. The zero-order valence-electron chi connectivity index (χ0n) is 12.2. The molecule has 1 rings (SSSR count). The van der Waals surface area contributed by atoms with Gasteiger partial charge in [0.2, 0.25) is 0 Å². The van der Waals surface area contributed by atoms with Crippen LogP contribution in [0.2, 0.25) is 0 Å². The first-order valence-electron chi connectivity index (χ1n) is 7.30. The monoisotopic (exact) mass is 258 g/mol. The molecule has 1 saturated heterocycles. The maximum atomic E-state index is 5.58. The van der Waals surface area contributed by atoms with E-state index in [0.717, 1.165) is 58.3 Å². The van der Waals surface area contributed by atoms with Gasteiger partial charge in [-0.2, -0.15) is 0 Å². The van der Waals surface area contributed by atoms with Crippen molar-refractivity contribution in [3.8, 4) is 0 Å². The lowest BCUT2D eigenvalue weighted by molar-refractivity contribution is 0.0704. The Morgan fingerprint density at radius 2 is 2.17 bits per heavy atom. The van der Waals surface area contributed by atoms with Gasteiger partial charge in [-0.05, 0) is 25.7 Å². The molecule has 0 bridgehead atoms. The van der Waals surface area contributed by atoms with Crippen molar-refractivity contribution < 1.29 is 9.47 Å². The third-order valence-corrected chi connectivity index (χ3v) is 3.22. The molecule has 0 aromatic heterocycles. The molecule has 0 aromatic rings. The van der Waals surface area contributed by atoms with Gasteiger partial charge in [0.25, 0.3) is 0 Å². The lowest BCUT2D eigenvalue weighted by atomic mass is 10.1. The smallest absolute Gasteiger partial charge is 0.0620 e. The van der Waals surface area contributed by atoms with Crippen molar-refractivity contribution in [3.05, 3.63) is 0 Å². The molecule has 108 valence electrons. The maximum Gasteiger partial charge on any atom is 0.0620 e. The number of nitrogens with one attached hydrogen (secondary N) is 2. The highest BCUT2D eigenvalue weighted by Gasteiger charge is 2.15. The third-order valence-electron chi connectivity index (χ3n) is 3.22. The van der Waals surface area contributed by atoms with E-state index < -0.39 is 0 Å². The van der Waals surface area contributed by atoms with Gasteiger partial charge in [0.05, 0.1) is 19.8 Å². The molecule has 0 spiro atoms. The van der Waals surface area contributed by atoms with Crippen molar-refractivity contribution in [3.63, 3.8) is 0 Å². The molecule has 18 heavy (non-hydrogen) atoms. The molecule has 1 aliphatic rings. The third kappa shape index (κ3) is 8.03. The number of ether oxygens (including phenoxy) is 2. The van der Waals surface area contributed by atoms with Crippen LogP contribution in [0.15, 0.2) is 0 Å². The van der Waals surface area contributed by atoms with Gasteiger partial charge in [-0.15, -0.1) is 0 Å². The van der Waals surface area contributed by atoms with E-state index in [2.05, 4.69) is 31.4 Å². The summed E-state index contributed by atoms with van der Waals surface area (Å²) in [6, 6.07) is 1.01. The Morgan fingerprint density at radius 1 is 1.33 bits per heavy atom. The second-order valence-corrected chi connectivity index (χ2v) is 5.61. The summed E-state index contributed by atoms with van der Waals surface area (Å²) in [5.41, 5.74) is 0. The van der Waals surface area contributed by atoms with Crippen LogP contribution in [-0.2, 0) is 9.47 Å². The summed E-state index contributed by atoms with van der Waals surface area (Å²) >= 11 is 0. The summed E-state index contributed by atoms with van der Waals surface area (Å²) in [5.74, 6) is 0.731. The molecule has 2 N–H and O–H groups in total. The first kappa shape index (κ1) is 15.9. The molecule has 0 aliphatic carbocycles. The average Bonchev–Trinajstić information content (AvgIpc) is 2.34. The Labute approximate surface area is 112 Å². The Hall–Kier alpha value is -0.160. The molecule has 1 fully saturated rings. The quantitative estimate of drug-likeness (QED) is 0.614. The zero-order valence-corrected chi connectivity index (χ0v) is 12.2. The SMILES string of the molecule is CC(C)CCOCCNC(C)CC1COCCN1. The first-order chi connectivity index (χ1) is 8.68. The van der Waals surface area contributed by atoms with Crippen LogP contribution in [0.5, 0.6) is 0 Å². The summed E-state index contributed by atoms with van der Waals surface area (Å²) in [6.45, 7) is 12.0. The molecule has 1 aliphatic heterocycles. The summed E-state index contributed by atoms with van der Waals surface area (Å²) < 4.78 is 11.0. The second kappa shape index (κ2) is 9.73. The highest BCUT2D eigenvalue weighted by atomic mass is 16.5. The van der Waals surface area contributed by atoms with Gasteiger partial charge in [0.1, 0.15) is 0 Å². The lowest BCUT2D eigenvalue weighted by Gasteiger charge is -2.26. The molecule has 2 unspecified atom stereocenters. The molecule has 0 amide bonds. The summed E-state index contributed by atoms with van der Waals surface area (Å²) in [6.07, 6.45) is 2.27. The highest BCUT2D eigenvalue weighted by Crippen LogP contribution is 2.02. The van der Waals surface area contributed by atoms with Crippen LogP contribution < -0.4 is 10.6 Å². The topological polar surface area (TPSA) is 42.5 Å². The van der Waals surface area contributed by atoms with Crippen molar-refractivity contribution in [2.45, 2.75) is 45.7 Å². The minimum atomic E-state index is 0.503. The number of hydrogen-bond acceptors (Lipinski definition) is 4. The highest BCUT2D eigenvalue weighted by molar-refractivity contribution is 4.75. The van der Waals surface area contributed by atoms with E-state index in [9.17, 15) is 0 Å². The van der Waals surface area contributed by atoms with Crippen LogP contribution in [0.4, 0.5) is 0 Å². The molecule has 1 heterocycles. The van der Waals surface area contributed by atoms with E-state index in [4.69, 9.17) is 9.47 Å². The van der Waals surface area contributed by atoms with Crippen molar-refractivity contribution in [2.75, 3.05) is 39.5 Å². The predicted octanol–water partition coefficient (Wildman–Crippen LogP) is 1.41. The molecule has 4 nitrogen and oxygen atoms in total. The normalized spacial score (nSPS) is 22.3. The van der Waals surface area contributed by atoms with Crippen LogP contribution in [0, 0.1) is 5.92 Å². The van der Waals surface area contributed by atoms with Gasteiger partial charge in [0.15, 0.2) is 0 Å². The van der Waals surface area contributed by atoms with E-state index in [0.29, 0.717) is 12.1 Å². The number of morpholine rings is 1. The van der Waals surface area contributed by atoms with Crippen LogP contribution in [-0.4, -0.2) is 51.6 Å². The summed E-state index contributed by atoms with van der Waals surface area (Å²) in [5, 5.41) is 6.97. The summed E-state index contributed by atoms with van der Waals surface area (Å²) in [4.78, 5) is 0. The van der Waals surface area contributed by atoms with E-state index in [1.54, 1.807) is 0 Å². The van der Waals surface area contributed by atoms with Crippen molar-refractivity contribution >= 4 is 0 Å². The van der Waals surface area contributed by atoms with Gasteiger partial charge in [0, 0.05) is 31.8 Å². The molecule has 0 saturated carbocycles. The average molecular weight is 258 g/mol. The van der Waals surface area contributed by atoms with Gasteiger partial charge >= 0.3 is 0 Å². The van der Waals surface area contributed by atoms with Gasteiger partial charge < -0.3 is 20.1 Å². The lowest BCUT2D eigenvalue weighted by Crippen LogP contribution is -2.45. The van der Waals surface area contributed by atoms with Gasteiger partial charge in [-0.3, -0.25) is 0 Å². The van der Waals surface area contributed by atoms with Crippen molar-refractivity contribution in [2.24, 2.45) is 5.92 Å². The van der Waals surface area contributed by atoms with E-state index in [1.165, 1.54) is 0 Å². The Morgan fingerprint density at radius 3 is 2.83 bits per heavy atom. The van der Waals surface area contributed by atoms with Gasteiger partial charge in [-0.25, -0.2) is 0 Å². The fourth-order valence-electron chi connectivity index (χ4n) is 2.08. The second-order valence-electron chi connectivity index (χ2n) is 5.61. The van der Waals surface area contributed by atoms with E-state index >= 15 is 0 Å². The Bertz CT molecular complexity index is 194. The van der Waals surface area contributed by atoms with Gasteiger partial charge in [-0.1, -0.05) is 13.8 Å². The van der Waals surface area contributed by atoms with Crippen LogP contribution in [0.1, 0.15) is 33.6 Å². The number of hydrogen-bond donors (Lipinski definition) is 2. The predicted molar refractivity (Wildman–Crippen MR) is 75.0 cm³/mol. The van der Waals surface area contributed by atoms with Crippen LogP contribution in [0.25, 0.3) is 0 Å². The molecule has 0 radical (unpaired) electrons. The molecule has 0 aromatic carbocycles. The standard InChI is InChI=1S/C14H30N2O2/c1-12(2)4-7-17-8-5-15-13(3)10-14-11-18-9-6-16-14/h12-16H,4-11H2,1-3H3. The molecule has 2 atom stereocenters. The maximum absolute atomic E-state index is 5.58. The first-order valence-corrected chi connectivity index (χ1v) is 7.30. The molecular formula is C14H30N2O2. The Balaban J connectivity index is 1.91. The minimum absolute atomic E-state index is 0.503. The number of rotatable bonds is 9. The molecular weight excluding hydrogens is 228 g/mol. The van der Waals surface area contributed by atoms with Crippen molar-refractivity contribution in [1.29, 1.82) is 0 Å². The van der Waals surface area contributed by atoms with Crippen molar-refractivity contribution in [1.82, 2.24) is 10.6 Å². The fraction of sp³-hybridized carbons (Fsp3) is 1.00. The largest absolute Gasteiger partial charge is 0.380 e. The fourth-order valence-corrected chi connectivity index (χ4v) is 2.08.